The van der Waals surface area contributed by atoms with E-state index in [0.717, 1.165) is 39.0 Å². The molecule has 0 spiro atoms. The van der Waals surface area contributed by atoms with Crippen LogP contribution in [0.3, 0.4) is 0 Å². The maximum atomic E-state index is 12.8. The Kier molecular flexibility index (Phi) is 7.99. The highest BCUT2D eigenvalue weighted by Gasteiger charge is 2.29. The minimum absolute atomic E-state index is 0.0231. The third-order valence-corrected chi connectivity index (χ3v) is 6.25. The third-order valence-electron chi connectivity index (χ3n) is 5.43. The Morgan fingerprint density at radius 2 is 2.14 bits per heavy atom. The number of β-amino-alcohol motifs (C(OH)–C–C–N with tert-alkyl or cyclic N) is 1. The predicted molar refractivity (Wildman–Crippen MR) is 114 cm³/mol. The van der Waals surface area contributed by atoms with Crippen molar-refractivity contribution in [1.82, 2.24) is 10.2 Å². The number of fused-ring (bicyclic) bond motifs is 1. The van der Waals surface area contributed by atoms with E-state index in [-0.39, 0.29) is 11.8 Å². The predicted octanol–water partition coefficient (Wildman–Crippen LogP) is 1.64. The molecule has 9 heteroatoms. The summed E-state index contributed by atoms with van der Waals surface area (Å²) in [6.07, 6.45) is 2.45. The molecule has 3 rings (SSSR count). The number of carbonyl (C=O) groups excluding carboxylic acids is 1. The van der Waals surface area contributed by atoms with Crippen molar-refractivity contribution in [3.05, 3.63) is 16.1 Å². The molecule has 2 heterocycles. The monoisotopic (exact) mass is 471 g/mol. The van der Waals surface area contributed by atoms with Crippen LogP contribution in [-0.4, -0.2) is 75.1 Å². The molecular weight excluding hydrogens is 442 g/mol. The number of aliphatic hydroxyl groups is 1. The number of ether oxygens (including phenoxy) is 3. The first-order valence-electron chi connectivity index (χ1n) is 10.1. The largest absolute Gasteiger partial charge is 0.485 e. The summed E-state index contributed by atoms with van der Waals surface area (Å²) < 4.78 is 16.9. The van der Waals surface area contributed by atoms with E-state index in [2.05, 4.69) is 26.1 Å². The molecule has 1 aromatic carbocycles. The summed E-state index contributed by atoms with van der Waals surface area (Å²) in [7, 11) is 1.71. The second kappa shape index (κ2) is 10.5. The van der Waals surface area contributed by atoms with E-state index in [1.165, 1.54) is 0 Å². The fourth-order valence-corrected chi connectivity index (χ4v) is 4.16. The summed E-state index contributed by atoms with van der Waals surface area (Å²) in [6, 6.07) is 1.59. The first kappa shape index (κ1) is 22.1. The summed E-state index contributed by atoms with van der Waals surface area (Å²) in [5.74, 6) is 0.611. The molecular formula is C20H30BrN3O5. The number of likely N-dealkylation sites (tertiary alicyclic amines) is 1. The standard InChI is InChI=1S/C20H30BrN3O5/c1-27-7-3-2-5-24-6-4-13(16(25)12-24)11-23-20(26)14-10-15(22)17(21)19-18(14)28-8-9-29-19/h10,13,16,25H,2-9,11-12,22H2,1H3,(H,23,26)/t13-,16+/m0/s1. The van der Waals surface area contributed by atoms with Crippen LogP contribution in [0, 0.1) is 5.92 Å². The highest BCUT2D eigenvalue weighted by atomic mass is 79.9. The molecule has 0 saturated carbocycles. The van der Waals surface area contributed by atoms with E-state index in [0.29, 0.717) is 53.5 Å². The van der Waals surface area contributed by atoms with Gasteiger partial charge >= 0.3 is 0 Å². The molecule has 2 aliphatic heterocycles. The van der Waals surface area contributed by atoms with E-state index in [1.807, 2.05) is 0 Å². The van der Waals surface area contributed by atoms with E-state index < -0.39 is 6.10 Å². The minimum Gasteiger partial charge on any atom is -0.485 e. The van der Waals surface area contributed by atoms with Crippen LogP contribution in [0.5, 0.6) is 11.5 Å². The normalized spacial score (nSPS) is 21.8. The second-order valence-electron chi connectivity index (χ2n) is 7.51. The van der Waals surface area contributed by atoms with Crippen LogP contribution in [0.1, 0.15) is 29.6 Å². The molecule has 1 amide bonds. The lowest BCUT2D eigenvalue weighted by Gasteiger charge is -2.36. The molecule has 0 aliphatic carbocycles. The molecule has 0 radical (unpaired) electrons. The van der Waals surface area contributed by atoms with Gasteiger partial charge in [-0.05, 0) is 54.3 Å². The van der Waals surface area contributed by atoms with Gasteiger partial charge in [-0.1, -0.05) is 0 Å². The smallest absolute Gasteiger partial charge is 0.255 e. The molecule has 8 nitrogen and oxygen atoms in total. The maximum absolute atomic E-state index is 12.8. The van der Waals surface area contributed by atoms with Crippen LogP contribution in [0.15, 0.2) is 10.5 Å². The van der Waals surface area contributed by atoms with Crippen molar-refractivity contribution in [1.29, 1.82) is 0 Å². The number of nitrogens with zero attached hydrogens (tertiary/aromatic N) is 1. The number of rotatable bonds is 8. The number of amides is 1. The van der Waals surface area contributed by atoms with Gasteiger partial charge in [-0.3, -0.25) is 4.79 Å². The van der Waals surface area contributed by atoms with Gasteiger partial charge in [0.2, 0.25) is 0 Å². The lowest BCUT2D eigenvalue weighted by molar-refractivity contribution is 0.0209. The molecule has 0 aromatic heterocycles. The van der Waals surface area contributed by atoms with Crippen molar-refractivity contribution in [3.63, 3.8) is 0 Å². The van der Waals surface area contributed by atoms with Gasteiger partial charge in [0.15, 0.2) is 11.5 Å². The quantitative estimate of drug-likeness (QED) is 0.390. The van der Waals surface area contributed by atoms with Crippen LogP contribution in [0.25, 0.3) is 0 Å². The fourth-order valence-electron chi connectivity index (χ4n) is 3.75. The van der Waals surface area contributed by atoms with Crippen molar-refractivity contribution in [2.45, 2.75) is 25.4 Å². The molecule has 2 aliphatic rings. The van der Waals surface area contributed by atoms with Crippen LogP contribution < -0.4 is 20.5 Å². The molecule has 1 saturated heterocycles. The number of aliphatic hydroxyl groups excluding tert-OH is 1. The number of halogens is 1. The average Bonchev–Trinajstić information content (AvgIpc) is 2.73. The zero-order chi connectivity index (χ0) is 20.8. The van der Waals surface area contributed by atoms with E-state index in [1.54, 1.807) is 13.2 Å². The lowest BCUT2D eigenvalue weighted by Crippen LogP contribution is -2.47. The van der Waals surface area contributed by atoms with Gasteiger partial charge in [-0.2, -0.15) is 0 Å². The molecule has 2 atom stereocenters. The zero-order valence-electron chi connectivity index (χ0n) is 16.8. The SMILES string of the molecule is COCCCCN1CC[C@@H](CNC(=O)c2cc(N)c(Br)c3c2OCCO3)[C@H](O)C1. The summed E-state index contributed by atoms with van der Waals surface area (Å²) >= 11 is 3.38. The van der Waals surface area contributed by atoms with Gasteiger partial charge in [-0.15, -0.1) is 0 Å². The van der Waals surface area contributed by atoms with Gasteiger partial charge in [0.1, 0.15) is 13.2 Å². The summed E-state index contributed by atoms with van der Waals surface area (Å²) in [5, 5.41) is 13.4. The third kappa shape index (κ3) is 5.53. The van der Waals surface area contributed by atoms with Gasteiger partial charge in [0.05, 0.1) is 21.8 Å². The molecule has 1 fully saturated rings. The fraction of sp³-hybridized carbons (Fsp3) is 0.650. The van der Waals surface area contributed by atoms with E-state index in [4.69, 9.17) is 19.9 Å². The Labute approximate surface area is 179 Å². The van der Waals surface area contributed by atoms with Crippen molar-refractivity contribution >= 4 is 27.5 Å². The van der Waals surface area contributed by atoms with E-state index >= 15 is 0 Å². The first-order valence-corrected chi connectivity index (χ1v) is 10.9. The number of carbonyl (C=O) groups is 1. The van der Waals surface area contributed by atoms with Crippen LogP contribution in [0.4, 0.5) is 5.69 Å². The Bertz CT molecular complexity index is 718. The van der Waals surface area contributed by atoms with Gasteiger partial charge < -0.3 is 35.3 Å². The van der Waals surface area contributed by atoms with Crippen molar-refractivity contribution in [2.75, 3.05) is 58.8 Å². The topological polar surface area (TPSA) is 106 Å². The maximum Gasteiger partial charge on any atom is 0.255 e. The number of hydrogen-bond donors (Lipinski definition) is 3. The molecule has 29 heavy (non-hydrogen) atoms. The van der Waals surface area contributed by atoms with E-state index in [9.17, 15) is 9.90 Å². The van der Waals surface area contributed by atoms with Crippen molar-refractivity contribution in [2.24, 2.45) is 5.92 Å². The van der Waals surface area contributed by atoms with Crippen molar-refractivity contribution < 1.29 is 24.1 Å². The number of hydrogen-bond acceptors (Lipinski definition) is 7. The summed E-state index contributed by atoms with van der Waals surface area (Å²) in [6.45, 7) is 4.47. The Morgan fingerprint density at radius 1 is 1.38 bits per heavy atom. The molecule has 0 unspecified atom stereocenters. The highest BCUT2D eigenvalue weighted by Crippen LogP contribution is 2.43. The van der Waals surface area contributed by atoms with Crippen LogP contribution >= 0.6 is 15.9 Å². The Morgan fingerprint density at radius 3 is 2.86 bits per heavy atom. The molecule has 162 valence electrons. The number of benzene rings is 1. The number of piperidine rings is 1. The van der Waals surface area contributed by atoms with Gasteiger partial charge in [-0.25, -0.2) is 0 Å². The number of nitrogens with one attached hydrogen (secondary N) is 1. The minimum atomic E-state index is -0.463. The highest BCUT2D eigenvalue weighted by molar-refractivity contribution is 9.10. The lowest BCUT2D eigenvalue weighted by atomic mass is 9.93. The average molecular weight is 472 g/mol. The Hall–Kier alpha value is -1.55. The number of methoxy groups -OCH3 is 1. The van der Waals surface area contributed by atoms with Gasteiger partial charge in [0, 0.05) is 32.7 Å². The van der Waals surface area contributed by atoms with Crippen LogP contribution in [-0.2, 0) is 4.74 Å². The first-order chi connectivity index (χ1) is 14.0. The summed E-state index contributed by atoms with van der Waals surface area (Å²) in [5.41, 5.74) is 6.77. The van der Waals surface area contributed by atoms with Crippen LogP contribution in [0.2, 0.25) is 0 Å². The van der Waals surface area contributed by atoms with Crippen molar-refractivity contribution in [3.8, 4) is 11.5 Å². The molecule has 0 bridgehead atoms. The Balaban J connectivity index is 1.53. The number of anilines is 1. The zero-order valence-corrected chi connectivity index (χ0v) is 18.4. The molecule has 4 N–H and O–H groups in total. The summed E-state index contributed by atoms with van der Waals surface area (Å²) in [4.78, 5) is 15.0. The second-order valence-corrected chi connectivity index (χ2v) is 8.30. The number of unbranched alkanes of at least 4 members (excludes halogenated alkanes) is 1. The number of nitrogen functional groups attached to an aromatic ring is 1. The molecule has 1 aromatic rings. The van der Waals surface area contributed by atoms with Gasteiger partial charge in [0.25, 0.3) is 5.91 Å². The number of nitrogens with two attached hydrogens (primary N) is 1.